The van der Waals surface area contributed by atoms with Crippen molar-refractivity contribution in [3.05, 3.63) is 40.6 Å². The SMILES string of the molecule is CCN(C)S(=O)(=O)c1csc(C(=O)Nc2ccccc2OC)c1. The van der Waals surface area contributed by atoms with E-state index in [0.29, 0.717) is 22.9 Å². The van der Waals surface area contributed by atoms with Crippen LogP contribution in [0.5, 0.6) is 5.75 Å². The summed E-state index contributed by atoms with van der Waals surface area (Å²) in [5.41, 5.74) is 0.531. The number of carbonyl (C=O) groups excluding carboxylic acids is 1. The standard InChI is InChI=1S/C15H18N2O4S2/c1-4-17(2)23(19,20)11-9-14(22-10-11)15(18)16-12-7-5-6-8-13(12)21-3/h5-10H,4H2,1-3H3,(H,16,18). The molecule has 1 aromatic heterocycles. The molecular weight excluding hydrogens is 336 g/mol. The summed E-state index contributed by atoms with van der Waals surface area (Å²) < 4.78 is 30.9. The van der Waals surface area contributed by atoms with Crippen LogP contribution in [0, 0.1) is 0 Å². The largest absolute Gasteiger partial charge is 0.495 e. The van der Waals surface area contributed by atoms with Crippen LogP contribution in [0.4, 0.5) is 5.69 Å². The van der Waals surface area contributed by atoms with E-state index in [-0.39, 0.29) is 10.8 Å². The molecule has 8 heteroatoms. The molecule has 2 aromatic rings. The zero-order valence-electron chi connectivity index (χ0n) is 13.1. The van der Waals surface area contributed by atoms with E-state index < -0.39 is 10.0 Å². The number of sulfonamides is 1. The minimum Gasteiger partial charge on any atom is -0.495 e. The molecule has 0 aliphatic heterocycles. The second kappa shape index (κ2) is 7.12. The maximum absolute atomic E-state index is 12.3. The fraction of sp³-hybridized carbons (Fsp3) is 0.267. The Balaban J connectivity index is 2.22. The van der Waals surface area contributed by atoms with Crippen LogP contribution in [0.15, 0.2) is 40.6 Å². The molecule has 0 saturated heterocycles. The van der Waals surface area contributed by atoms with Crippen molar-refractivity contribution in [2.24, 2.45) is 0 Å². The van der Waals surface area contributed by atoms with E-state index in [1.165, 1.54) is 29.9 Å². The Morgan fingerprint density at radius 3 is 2.70 bits per heavy atom. The lowest BCUT2D eigenvalue weighted by molar-refractivity contribution is 0.103. The van der Waals surface area contributed by atoms with Gasteiger partial charge in [-0.3, -0.25) is 4.79 Å². The number of hydrogen-bond donors (Lipinski definition) is 1. The zero-order chi connectivity index (χ0) is 17.0. The molecule has 124 valence electrons. The van der Waals surface area contributed by atoms with Crippen LogP contribution in [0.25, 0.3) is 0 Å². The van der Waals surface area contributed by atoms with Crippen LogP contribution in [0.2, 0.25) is 0 Å². The van der Waals surface area contributed by atoms with Gasteiger partial charge in [-0.05, 0) is 18.2 Å². The van der Waals surface area contributed by atoms with Crippen molar-refractivity contribution in [1.29, 1.82) is 0 Å². The lowest BCUT2D eigenvalue weighted by Crippen LogP contribution is -2.26. The van der Waals surface area contributed by atoms with Gasteiger partial charge in [-0.15, -0.1) is 11.3 Å². The summed E-state index contributed by atoms with van der Waals surface area (Å²) in [5.74, 6) is 0.163. The lowest BCUT2D eigenvalue weighted by atomic mass is 10.3. The van der Waals surface area contributed by atoms with Crippen molar-refractivity contribution < 1.29 is 17.9 Å². The van der Waals surface area contributed by atoms with Gasteiger partial charge in [-0.2, -0.15) is 0 Å². The molecule has 2 rings (SSSR count). The van der Waals surface area contributed by atoms with Gasteiger partial charge in [-0.1, -0.05) is 19.1 Å². The minimum absolute atomic E-state index is 0.122. The number of para-hydroxylation sites is 2. The molecule has 0 saturated carbocycles. The van der Waals surface area contributed by atoms with Crippen LogP contribution in [-0.2, 0) is 10.0 Å². The molecule has 1 heterocycles. The highest BCUT2D eigenvalue weighted by atomic mass is 32.2. The fourth-order valence-corrected chi connectivity index (χ4v) is 4.19. The molecule has 0 aliphatic carbocycles. The Kier molecular flexibility index (Phi) is 5.40. The number of rotatable bonds is 6. The summed E-state index contributed by atoms with van der Waals surface area (Å²) >= 11 is 1.09. The molecule has 0 unspecified atom stereocenters. The smallest absolute Gasteiger partial charge is 0.265 e. The van der Waals surface area contributed by atoms with Gasteiger partial charge in [0.15, 0.2) is 0 Å². The van der Waals surface area contributed by atoms with Gasteiger partial charge < -0.3 is 10.1 Å². The summed E-state index contributed by atoms with van der Waals surface area (Å²) in [4.78, 5) is 12.7. The number of nitrogens with zero attached hydrogens (tertiary/aromatic N) is 1. The van der Waals surface area contributed by atoms with Crippen molar-refractivity contribution in [2.45, 2.75) is 11.8 Å². The Morgan fingerprint density at radius 2 is 2.04 bits per heavy atom. The number of carbonyl (C=O) groups is 1. The first kappa shape index (κ1) is 17.5. The van der Waals surface area contributed by atoms with Crippen molar-refractivity contribution in [1.82, 2.24) is 4.31 Å². The highest BCUT2D eigenvalue weighted by Gasteiger charge is 2.22. The quantitative estimate of drug-likeness (QED) is 0.865. The van der Waals surface area contributed by atoms with Crippen LogP contribution >= 0.6 is 11.3 Å². The molecule has 1 N–H and O–H groups in total. The fourth-order valence-electron chi connectivity index (χ4n) is 1.85. The van der Waals surface area contributed by atoms with Crippen LogP contribution in [0.1, 0.15) is 16.6 Å². The Morgan fingerprint density at radius 1 is 1.35 bits per heavy atom. The number of methoxy groups -OCH3 is 1. The molecule has 1 amide bonds. The van der Waals surface area contributed by atoms with Crippen LogP contribution in [0.3, 0.4) is 0 Å². The first-order valence-electron chi connectivity index (χ1n) is 6.89. The highest BCUT2D eigenvalue weighted by Crippen LogP contribution is 2.26. The van der Waals surface area contributed by atoms with Gasteiger partial charge in [0.1, 0.15) is 5.75 Å². The number of benzene rings is 1. The third-order valence-corrected chi connectivity index (χ3v) is 6.30. The van der Waals surface area contributed by atoms with E-state index >= 15 is 0 Å². The van der Waals surface area contributed by atoms with Crippen molar-refractivity contribution in [3.63, 3.8) is 0 Å². The van der Waals surface area contributed by atoms with Gasteiger partial charge in [0, 0.05) is 19.0 Å². The van der Waals surface area contributed by atoms with Crippen molar-refractivity contribution >= 4 is 33.0 Å². The Bertz CT molecular complexity index is 799. The van der Waals surface area contributed by atoms with Gasteiger partial charge in [0.2, 0.25) is 10.0 Å². The maximum atomic E-state index is 12.3. The van der Waals surface area contributed by atoms with Crippen LogP contribution < -0.4 is 10.1 Å². The number of hydrogen-bond acceptors (Lipinski definition) is 5. The number of thiophene rings is 1. The number of amides is 1. The molecule has 0 bridgehead atoms. The van der Waals surface area contributed by atoms with E-state index in [1.807, 2.05) is 0 Å². The number of ether oxygens (including phenoxy) is 1. The normalized spacial score (nSPS) is 11.5. The van der Waals surface area contributed by atoms with Gasteiger partial charge in [0.05, 0.1) is 22.6 Å². The second-order valence-corrected chi connectivity index (χ2v) is 7.68. The number of anilines is 1. The Labute approximate surface area is 139 Å². The van der Waals surface area contributed by atoms with E-state index in [1.54, 1.807) is 31.2 Å². The average molecular weight is 354 g/mol. The van der Waals surface area contributed by atoms with E-state index in [4.69, 9.17) is 4.74 Å². The highest BCUT2D eigenvalue weighted by molar-refractivity contribution is 7.89. The topological polar surface area (TPSA) is 75.7 Å². The van der Waals surface area contributed by atoms with Gasteiger partial charge >= 0.3 is 0 Å². The molecule has 0 spiro atoms. The predicted molar refractivity (Wildman–Crippen MR) is 90.8 cm³/mol. The monoisotopic (exact) mass is 354 g/mol. The average Bonchev–Trinajstić information content (AvgIpc) is 3.05. The molecule has 0 radical (unpaired) electrons. The van der Waals surface area contributed by atoms with Crippen molar-refractivity contribution in [2.75, 3.05) is 26.0 Å². The summed E-state index contributed by atoms with van der Waals surface area (Å²) in [6.07, 6.45) is 0. The third kappa shape index (κ3) is 3.72. The zero-order valence-corrected chi connectivity index (χ0v) is 14.7. The summed E-state index contributed by atoms with van der Waals surface area (Å²) in [6, 6.07) is 8.41. The van der Waals surface area contributed by atoms with E-state index in [0.717, 1.165) is 11.3 Å². The first-order chi connectivity index (χ1) is 10.9. The summed E-state index contributed by atoms with van der Waals surface area (Å²) in [7, 11) is -0.532. The molecule has 1 aromatic carbocycles. The molecule has 0 atom stereocenters. The van der Waals surface area contributed by atoms with Crippen LogP contribution in [-0.4, -0.2) is 39.3 Å². The minimum atomic E-state index is -3.55. The van der Waals surface area contributed by atoms with Crippen molar-refractivity contribution in [3.8, 4) is 5.75 Å². The van der Waals surface area contributed by atoms with E-state index in [9.17, 15) is 13.2 Å². The van der Waals surface area contributed by atoms with Gasteiger partial charge in [-0.25, -0.2) is 12.7 Å². The second-order valence-electron chi connectivity index (χ2n) is 4.72. The maximum Gasteiger partial charge on any atom is 0.265 e. The van der Waals surface area contributed by atoms with Gasteiger partial charge in [0.25, 0.3) is 5.91 Å². The predicted octanol–water partition coefficient (Wildman–Crippen LogP) is 2.65. The molecular formula is C15H18N2O4S2. The lowest BCUT2D eigenvalue weighted by Gasteiger charge is -2.13. The van der Waals surface area contributed by atoms with E-state index in [2.05, 4.69) is 5.32 Å². The third-order valence-electron chi connectivity index (χ3n) is 3.31. The molecule has 23 heavy (non-hydrogen) atoms. The first-order valence-corrected chi connectivity index (χ1v) is 9.21. The number of nitrogens with one attached hydrogen (secondary N) is 1. The summed E-state index contributed by atoms with van der Waals surface area (Å²) in [6.45, 7) is 2.11. The molecule has 0 aliphatic rings. The Hall–Kier alpha value is -1.90. The summed E-state index contributed by atoms with van der Waals surface area (Å²) in [5, 5.41) is 4.19. The molecule has 6 nitrogen and oxygen atoms in total. The molecule has 0 fully saturated rings.